The smallest absolute Gasteiger partial charge is 0.149 e. The lowest BCUT2D eigenvalue weighted by atomic mass is 10.1. The second-order valence-corrected chi connectivity index (χ2v) is 5.31. The van der Waals surface area contributed by atoms with Crippen LogP contribution in [0.3, 0.4) is 0 Å². The predicted octanol–water partition coefficient (Wildman–Crippen LogP) is 1.83. The van der Waals surface area contributed by atoms with E-state index in [0.717, 1.165) is 12.8 Å². The van der Waals surface area contributed by atoms with Crippen LogP contribution < -0.4 is 10.6 Å². The molecule has 1 aromatic rings. The molecule has 2 N–H and O–H groups in total. The fraction of sp³-hybridized carbons (Fsp3) is 0.571. The first kappa shape index (κ1) is 12.8. The standard InChI is InChI=1S/C14H18F2N2O/c15-12-5-9(3-4-17)6-13(16)14(12)18-7-10-1-2-11(8-18)19-10/h5-6,10-11H,1-4,7-8,17H2. The average molecular weight is 268 g/mol. The van der Waals surface area contributed by atoms with Crippen molar-refractivity contribution in [3.05, 3.63) is 29.3 Å². The number of nitrogens with zero attached hydrogens (tertiary/aromatic N) is 1. The summed E-state index contributed by atoms with van der Waals surface area (Å²) in [6.45, 7) is 1.53. The van der Waals surface area contributed by atoms with Crippen LogP contribution in [0.25, 0.3) is 0 Å². The zero-order valence-electron chi connectivity index (χ0n) is 10.7. The lowest BCUT2D eigenvalue weighted by molar-refractivity contribution is 0.0300. The molecule has 2 bridgehead atoms. The third-order valence-corrected chi connectivity index (χ3v) is 3.87. The van der Waals surface area contributed by atoms with Gasteiger partial charge in [-0.25, -0.2) is 8.78 Å². The SMILES string of the molecule is NCCc1cc(F)c(N2CC3CCC(C2)O3)c(F)c1. The van der Waals surface area contributed by atoms with Gasteiger partial charge in [-0.3, -0.25) is 0 Å². The summed E-state index contributed by atoms with van der Waals surface area (Å²) in [7, 11) is 0. The maximum absolute atomic E-state index is 14.1. The summed E-state index contributed by atoms with van der Waals surface area (Å²) >= 11 is 0. The zero-order chi connectivity index (χ0) is 13.4. The Kier molecular flexibility index (Phi) is 3.41. The molecule has 3 rings (SSSR count). The molecule has 0 aliphatic carbocycles. The molecule has 0 radical (unpaired) electrons. The first-order chi connectivity index (χ1) is 9.17. The second-order valence-electron chi connectivity index (χ2n) is 5.31. The van der Waals surface area contributed by atoms with Gasteiger partial charge in [0.05, 0.1) is 12.2 Å². The van der Waals surface area contributed by atoms with Crippen molar-refractivity contribution in [2.45, 2.75) is 31.5 Å². The van der Waals surface area contributed by atoms with Gasteiger partial charge in [-0.15, -0.1) is 0 Å². The summed E-state index contributed by atoms with van der Waals surface area (Å²) in [5.74, 6) is -0.991. The van der Waals surface area contributed by atoms with Gasteiger partial charge in [-0.1, -0.05) is 0 Å². The van der Waals surface area contributed by atoms with Crippen molar-refractivity contribution in [1.82, 2.24) is 0 Å². The summed E-state index contributed by atoms with van der Waals surface area (Å²) in [6, 6.07) is 2.78. The van der Waals surface area contributed by atoms with E-state index in [4.69, 9.17) is 10.5 Å². The number of benzene rings is 1. The maximum atomic E-state index is 14.1. The molecular formula is C14H18F2N2O. The Morgan fingerprint density at radius 3 is 2.26 bits per heavy atom. The van der Waals surface area contributed by atoms with E-state index in [1.807, 2.05) is 0 Å². The van der Waals surface area contributed by atoms with E-state index in [9.17, 15) is 8.78 Å². The Bertz CT molecular complexity index is 446. The Labute approximate surface area is 111 Å². The van der Waals surface area contributed by atoms with Crippen molar-refractivity contribution in [3.63, 3.8) is 0 Å². The molecule has 2 aliphatic heterocycles. The van der Waals surface area contributed by atoms with Gasteiger partial charge in [0.2, 0.25) is 0 Å². The quantitative estimate of drug-likeness (QED) is 0.909. The number of morpholine rings is 1. The Balaban J connectivity index is 1.88. The van der Waals surface area contributed by atoms with Gasteiger partial charge in [0.15, 0.2) is 0 Å². The molecule has 2 unspecified atom stereocenters. The second kappa shape index (κ2) is 5.06. The summed E-state index contributed by atoms with van der Waals surface area (Å²) in [6.07, 6.45) is 2.68. The van der Waals surface area contributed by atoms with E-state index in [1.165, 1.54) is 12.1 Å². The summed E-state index contributed by atoms with van der Waals surface area (Å²) < 4.78 is 33.9. The number of hydrogen-bond acceptors (Lipinski definition) is 3. The van der Waals surface area contributed by atoms with Crippen LogP contribution >= 0.6 is 0 Å². The molecule has 5 heteroatoms. The highest BCUT2D eigenvalue weighted by atomic mass is 19.1. The van der Waals surface area contributed by atoms with E-state index in [1.54, 1.807) is 4.90 Å². The largest absolute Gasteiger partial charge is 0.371 e. The first-order valence-corrected chi connectivity index (χ1v) is 6.75. The molecule has 0 saturated carbocycles. The highest BCUT2D eigenvalue weighted by Gasteiger charge is 2.35. The van der Waals surface area contributed by atoms with Crippen molar-refractivity contribution < 1.29 is 13.5 Å². The minimum absolute atomic E-state index is 0.0842. The van der Waals surface area contributed by atoms with Crippen molar-refractivity contribution in [2.75, 3.05) is 24.5 Å². The van der Waals surface area contributed by atoms with E-state index >= 15 is 0 Å². The summed E-state index contributed by atoms with van der Waals surface area (Å²) in [5, 5.41) is 0. The van der Waals surface area contributed by atoms with Gasteiger partial charge < -0.3 is 15.4 Å². The third kappa shape index (κ3) is 2.44. The number of ether oxygens (including phenoxy) is 1. The minimum Gasteiger partial charge on any atom is -0.371 e. The normalized spacial score (nSPS) is 25.9. The van der Waals surface area contributed by atoms with Crippen LogP contribution in [0.2, 0.25) is 0 Å². The molecule has 2 heterocycles. The minimum atomic E-state index is -0.496. The Hall–Kier alpha value is -1.20. The number of halogens is 2. The molecule has 1 aromatic carbocycles. The molecule has 2 saturated heterocycles. The number of nitrogens with two attached hydrogens (primary N) is 1. The monoisotopic (exact) mass is 268 g/mol. The van der Waals surface area contributed by atoms with Crippen molar-refractivity contribution in [2.24, 2.45) is 5.73 Å². The van der Waals surface area contributed by atoms with Crippen LogP contribution in [-0.2, 0) is 11.2 Å². The highest BCUT2D eigenvalue weighted by molar-refractivity contribution is 5.51. The molecule has 0 amide bonds. The summed E-state index contributed by atoms with van der Waals surface area (Å²) in [5.41, 5.74) is 6.11. The van der Waals surface area contributed by atoms with E-state index in [0.29, 0.717) is 31.6 Å². The van der Waals surface area contributed by atoms with Crippen molar-refractivity contribution in [3.8, 4) is 0 Å². The molecule has 2 aliphatic rings. The molecule has 2 atom stereocenters. The molecule has 0 spiro atoms. The molecular weight excluding hydrogens is 250 g/mol. The van der Waals surface area contributed by atoms with Crippen LogP contribution in [0.4, 0.5) is 14.5 Å². The van der Waals surface area contributed by atoms with Crippen LogP contribution in [0, 0.1) is 11.6 Å². The topological polar surface area (TPSA) is 38.5 Å². The molecule has 0 aromatic heterocycles. The van der Waals surface area contributed by atoms with Crippen molar-refractivity contribution >= 4 is 5.69 Å². The fourth-order valence-electron chi connectivity index (χ4n) is 3.03. The number of anilines is 1. The van der Waals surface area contributed by atoms with Gasteiger partial charge in [0.1, 0.15) is 17.3 Å². The van der Waals surface area contributed by atoms with Gasteiger partial charge in [-0.05, 0) is 43.5 Å². The average Bonchev–Trinajstić information content (AvgIpc) is 2.68. The van der Waals surface area contributed by atoms with Crippen LogP contribution in [0.15, 0.2) is 12.1 Å². The lowest BCUT2D eigenvalue weighted by Crippen LogP contribution is -2.43. The number of hydrogen-bond donors (Lipinski definition) is 1. The maximum Gasteiger partial charge on any atom is 0.149 e. The van der Waals surface area contributed by atoms with E-state index < -0.39 is 11.6 Å². The predicted molar refractivity (Wildman–Crippen MR) is 69.2 cm³/mol. The van der Waals surface area contributed by atoms with Crippen LogP contribution in [0.5, 0.6) is 0 Å². The molecule has 2 fully saturated rings. The van der Waals surface area contributed by atoms with Gasteiger partial charge in [0.25, 0.3) is 0 Å². The Morgan fingerprint density at radius 1 is 1.16 bits per heavy atom. The van der Waals surface area contributed by atoms with Crippen molar-refractivity contribution in [1.29, 1.82) is 0 Å². The molecule has 19 heavy (non-hydrogen) atoms. The fourth-order valence-corrected chi connectivity index (χ4v) is 3.03. The summed E-state index contributed by atoms with van der Waals surface area (Å²) in [4.78, 5) is 1.78. The number of rotatable bonds is 3. The zero-order valence-corrected chi connectivity index (χ0v) is 10.7. The van der Waals surface area contributed by atoms with Gasteiger partial charge in [-0.2, -0.15) is 0 Å². The Morgan fingerprint density at radius 2 is 1.74 bits per heavy atom. The lowest BCUT2D eigenvalue weighted by Gasteiger charge is -2.34. The van der Waals surface area contributed by atoms with E-state index in [2.05, 4.69) is 0 Å². The van der Waals surface area contributed by atoms with Gasteiger partial charge >= 0.3 is 0 Å². The third-order valence-electron chi connectivity index (χ3n) is 3.87. The van der Waals surface area contributed by atoms with Crippen LogP contribution in [-0.4, -0.2) is 31.8 Å². The van der Waals surface area contributed by atoms with E-state index in [-0.39, 0.29) is 17.9 Å². The molecule has 104 valence electrons. The molecule has 3 nitrogen and oxygen atoms in total. The van der Waals surface area contributed by atoms with Crippen LogP contribution in [0.1, 0.15) is 18.4 Å². The highest BCUT2D eigenvalue weighted by Crippen LogP contribution is 2.33. The first-order valence-electron chi connectivity index (χ1n) is 6.75. The van der Waals surface area contributed by atoms with Gasteiger partial charge in [0, 0.05) is 13.1 Å². The number of fused-ring (bicyclic) bond motifs is 2.